The number of rotatable bonds is 6. The molecule has 0 atom stereocenters. The molecule has 0 amide bonds. The third kappa shape index (κ3) is 4.08. The van der Waals surface area contributed by atoms with E-state index in [9.17, 15) is 0 Å². The SMILES string of the molecule is CCc1nc(C)nc(CC)c1CCNC(C)C. The molecule has 1 heterocycles. The van der Waals surface area contributed by atoms with E-state index < -0.39 is 0 Å². The largest absolute Gasteiger partial charge is 0.314 e. The minimum Gasteiger partial charge on any atom is -0.314 e. The van der Waals surface area contributed by atoms with Crippen LogP contribution < -0.4 is 5.32 Å². The van der Waals surface area contributed by atoms with Crippen LogP contribution in [0.5, 0.6) is 0 Å². The monoisotopic (exact) mass is 235 g/mol. The standard InChI is InChI=1S/C14H25N3/c1-6-13-12(8-9-15-10(3)4)14(7-2)17-11(5)16-13/h10,15H,6-9H2,1-5H3. The van der Waals surface area contributed by atoms with Gasteiger partial charge in [0.05, 0.1) is 0 Å². The second kappa shape index (κ2) is 6.70. The number of nitrogens with one attached hydrogen (secondary N) is 1. The number of hydrogen-bond donors (Lipinski definition) is 1. The second-order valence-corrected chi connectivity index (χ2v) is 4.71. The molecule has 0 radical (unpaired) electrons. The average Bonchev–Trinajstić information content (AvgIpc) is 2.29. The number of hydrogen-bond acceptors (Lipinski definition) is 3. The van der Waals surface area contributed by atoms with Crippen molar-refractivity contribution in [2.45, 2.75) is 59.9 Å². The summed E-state index contributed by atoms with van der Waals surface area (Å²) >= 11 is 0. The smallest absolute Gasteiger partial charge is 0.125 e. The molecule has 0 spiro atoms. The van der Waals surface area contributed by atoms with E-state index in [-0.39, 0.29) is 0 Å². The highest BCUT2D eigenvalue weighted by Gasteiger charge is 2.10. The summed E-state index contributed by atoms with van der Waals surface area (Å²) in [7, 11) is 0. The lowest BCUT2D eigenvalue weighted by Crippen LogP contribution is -2.26. The maximum Gasteiger partial charge on any atom is 0.125 e. The fourth-order valence-electron chi connectivity index (χ4n) is 2.08. The van der Waals surface area contributed by atoms with E-state index in [1.807, 2.05) is 6.92 Å². The van der Waals surface area contributed by atoms with E-state index in [1.165, 1.54) is 17.0 Å². The maximum absolute atomic E-state index is 4.56. The molecule has 0 fully saturated rings. The van der Waals surface area contributed by atoms with Crippen molar-refractivity contribution >= 4 is 0 Å². The Kier molecular flexibility index (Phi) is 5.56. The summed E-state index contributed by atoms with van der Waals surface area (Å²) in [4.78, 5) is 9.12. The highest BCUT2D eigenvalue weighted by atomic mass is 14.9. The molecule has 0 aliphatic heterocycles. The summed E-state index contributed by atoms with van der Waals surface area (Å²) < 4.78 is 0. The molecule has 0 aliphatic rings. The summed E-state index contributed by atoms with van der Waals surface area (Å²) in [5, 5.41) is 3.46. The predicted octanol–water partition coefficient (Wildman–Crippen LogP) is 2.45. The van der Waals surface area contributed by atoms with Gasteiger partial charge in [-0.1, -0.05) is 27.7 Å². The van der Waals surface area contributed by atoms with E-state index in [2.05, 4.69) is 43.0 Å². The molecule has 17 heavy (non-hydrogen) atoms. The zero-order chi connectivity index (χ0) is 12.8. The van der Waals surface area contributed by atoms with Gasteiger partial charge in [-0.2, -0.15) is 0 Å². The first-order chi connectivity index (χ1) is 8.08. The first-order valence-corrected chi connectivity index (χ1v) is 6.67. The van der Waals surface area contributed by atoms with Gasteiger partial charge in [0.2, 0.25) is 0 Å². The molecule has 0 bridgehead atoms. The molecule has 1 rings (SSSR count). The Bertz CT molecular complexity index is 333. The molecule has 1 N–H and O–H groups in total. The van der Waals surface area contributed by atoms with E-state index in [4.69, 9.17) is 0 Å². The van der Waals surface area contributed by atoms with Gasteiger partial charge in [0, 0.05) is 17.4 Å². The summed E-state index contributed by atoms with van der Waals surface area (Å²) in [6.07, 6.45) is 3.02. The van der Waals surface area contributed by atoms with Crippen molar-refractivity contribution in [2.24, 2.45) is 0 Å². The highest BCUT2D eigenvalue weighted by molar-refractivity contribution is 5.26. The lowest BCUT2D eigenvalue weighted by atomic mass is 10.0. The Morgan fingerprint density at radius 3 is 2.00 bits per heavy atom. The van der Waals surface area contributed by atoms with Gasteiger partial charge in [0.15, 0.2) is 0 Å². The van der Waals surface area contributed by atoms with Gasteiger partial charge < -0.3 is 5.32 Å². The van der Waals surface area contributed by atoms with Gasteiger partial charge in [-0.15, -0.1) is 0 Å². The minimum atomic E-state index is 0.538. The van der Waals surface area contributed by atoms with Crippen LogP contribution in [-0.4, -0.2) is 22.6 Å². The van der Waals surface area contributed by atoms with Crippen molar-refractivity contribution in [3.05, 3.63) is 22.8 Å². The molecule has 1 aromatic rings. The highest BCUT2D eigenvalue weighted by Crippen LogP contribution is 2.14. The molecule has 0 unspecified atom stereocenters. The third-order valence-electron chi connectivity index (χ3n) is 2.89. The van der Waals surface area contributed by atoms with Gasteiger partial charge in [-0.05, 0) is 38.3 Å². The first kappa shape index (κ1) is 14.1. The fourth-order valence-corrected chi connectivity index (χ4v) is 2.08. The first-order valence-electron chi connectivity index (χ1n) is 6.67. The van der Waals surface area contributed by atoms with Crippen molar-refractivity contribution in [1.82, 2.24) is 15.3 Å². The number of aromatic nitrogens is 2. The molecule has 0 aliphatic carbocycles. The normalized spacial score (nSPS) is 11.2. The molecule has 3 nitrogen and oxygen atoms in total. The Balaban J connectivity index is 2.87. The third-order valence-corrected chi connectivity index (χ3v) is 2.89. The topological polar surface area (TPSA) is 37.8 Å². The van der Waals surface area contributed by atoms with Crippen LogP contribution >= 0.6 is 0 Å². The molecule has 96 valence electrons. The van der Waals surface area contributed by atoms with Crippen LogP contribution in [0.4, 0.5) is 0 Å². The minimum absolute atomic E-state index is 0.538. The van der Waals surface area contributed by atoms with E-state index >= 15 is 0 Å². The predicted molar refractivity (Wildman–Crippen MR) is 72.4 cm³/mol. The van der Waals surface area contributed by atoms with Crippen molar-refractivity contribution in [2.75, 3.05) is 6.54 Å². The van der Waals surface area contributed by atoms with Crippen molar-refractivity contribution in [1.29, 1.82) is 0 Å². The Hall–Kier alpha value is -0.960. The van der Waals surface area contributed by atoms with Crippen LogP contribution in [0.1, 0.15) is 50.5 Å². The van der Waals surface area contributed by atoms with Crippen molar-refractivity contribution in [3.8, 4) is 0 Å². The zero-order valence-corrected chi connectivity index (χ0v) is 11.8. The van der Waals surface area contributed by atoms with Crippen LogP contribution in [0.3, 0.4) is 0 Å². The molecule has 0 saturated carbocycles. The van der Waals surface area contributed by atoms with E-state index in [1.54, 1.807) is 0 Å². The lowest BCUT2D eigenvalue weighted by Gasteiger charge is -2.14. The van der Waals surface area contributed by atoms with Gasteiger partial charge in [-0.3, -0.25) is 0 Å². The van der Waals surface area contributed by atoms with E-state index in [0.29, 0.717) is 6.04 Å². The fraction of sp³-hybridized carbons (Fsp3) is 0.714. The van der Waals surface area contributed by atoms with Crippen LogP contribution in [0.25, 0.3) is 0 Å². The molecular formula is C14H25N3. The summed E-state index contributed by atoms with van der Waals surface area (Å²) in [5.41, 5.74) is 3.80. The quantitative estimate of drug-likeness (QED) is 0.823. The van der Waals surface area contributed by atoms with Crippen LogP contribution in [0.2, 0.25) is 0 Å². The second-order valence-electron chi connectivity index (χ2n) is 4.71. The molecule has 0 saturated heterocycles. The van der Waals surface area contributed by atoms with Gasteiger partial charge >= 0.3 is 0 Å². The zero-order valence-electron chi connectivity index (χ0n) is 11.8. The Labute approximate surface area is 105 Å². The maximum atomic E-state index is 4.56. The molecule has 1 aromatic heterocycles. The summed E-state index contributed by atoms with van der Waals surface area (Å²) in [6, 6.07) is 0.538. The molecule has 0 aromatic carbocycles. The van der Waals surface area contributed by atoms with Crippen molar-refractivity contribution in [3.63, 3.8) is 0 Å². The average molecular weight is 235 g/mol. The van der Waals surface area contributed by atoms with Crippen LogP contribution in [0, 0.1) is 6.92 Å². The summed E-state index contributed by atoms with van der Waals surface area (Å²) in [6.45, 7) is 11.7. The Morgan fingerprint density at radius 1 is 1.06 bits per heavy atom. The lowest BCUT2D eigenvalue weighted by molar-refractivity contribution is 0.586. The van der Waals surface area contributed by atoms with E-state index in [0.717, 1.165) is 31.6 Å². The van der Waals surface area contributed by atoms with Gasteiger partial charge in [-0.25, -0.2) is 9.97 Å². The van der Waals surface area contributed by atoms with Gasteiger partial charge in [0.1, 0.15) is 5.82 Å². The Morgan fingerprint density at radius 2 is 1.59 bits per heavy atom. The number of nitrogens with zero attached hydrogens (tertiary/aromatic N) is 2. The van der Waals surface area contributed by atoms with Crippen LogP contribution in [-0.2, 0) is 19.3 Å². The number of aryl methyl sites for hydroxylation is 3. The van der Waals surface area contributed by atoms with Gasteiger partial charge in [0.25, 0.3) is 0 Å². The summed E-state index contributed by atoms with van der Waals surface area (Å²) in [5.74, 6) is 0.902. The van der Waals surface area contributed by atoms with Crippen molar-refractivity contribution < 1.29 is 0 Å². The molecular weight excluding hydrogens is 210 g/mol. The van der Waals surface area contributed by atoms with Crippen LogP contribution in [0.15, 0.2) is 0 Å². The molecule has 3 heteroatoms.